The number of amides is 1. The molecular weight excluding hydrogens is 292 g/mol. The summed E-state index contributed by atoms with van der Waals surface area (Å²) in [6, 6.07) is 10.3. The van der Waals surface area contributed by atoms with E-state index in [0.29, 0.717) is 6.54 Å². The predicted molar refractivity (Wildman–Crippen MR) is 92.4 cm³/mol. The van der Waals surface area contributed by atoms with Gasteiger partial charge in [0.2, 0.25) is 0 Å². The van der Waals surface area contributed by atoms with Gasteiger partial charge in [0.1, 0.15) is 0 Å². The molecule has 1 aliphatic heterocycles. The van der Waals surface area contributed by atoms with E-state index in [1.54, 1.807) is 0 Å². The average Bonchev–Trinajstić information content (AvgIpc) is 3.04. The highest BCUT2D eigenvalue weighted by molar-refractivity contribution is 7.12. The van der Waals surface area contributed by atoms with Gasteiger partial charge in [-0.2, -0.15) is 0 Å². The summed E-state index contributed by atoms with van der Waals surface area (Å²) in [5, 5.41) is 8.31. The van der Waals surface area contributed by atoms with Crippen LogP contribution in [0, 0.1) is 6.92 Å². The third kappa shape index (κ3) is 3.46. The van der Waals surface area contributed by atoms with Crippen molar-refractivity contribution in [2.45, 2.75) is 13.3 Å². The molecule has 2 aromatic rings. The second-order valence-electron chi connectivity index (χ2n) is 5.53. The van der Waals surface area contributed by atoms with Gasteiger partial charge in [-0.05, 0) is 36.9 Å². The first-order valence-corrected chi connectivity index (χ1v) is 8.43. The minimum atomic E-state index is 0.0185. The van der Waals surface area contributed by atoms with Gasteiger partial charge in [0, 0.05) is 18.7 Å². The minimum absolute atomic E-state index is 0.0185. The van der Waals surface area contributed by atoms with Gasteiger partial charge in [-0.1, -0.05) is 41.5 Å². The van der Waals surface area contributed by atoms with Crippen LogP contribution >= 0.6 is 11.3 Å². The van der Waals surface area contributed by atoms with Crippen molar-refractivity contribution in [1.82, 2.24) is 10.6 Å². The minimum Gasteiger partial charge on any atom is -0.348 e. The van der Waals surface area contributed by atoms with E-state index in [1.165, 1.54) is 22.5 Å². The smallest absolute Gasteiger partial charge is 0.262 e. The maximum atomic E-state index is 12.5. The number of hydrogen-bond acceptors (Lipinski definition) is 3. The highest BCUT2D eigenvalue weighted by Gasteiger charge is 2.15. The number of hydrogen-bond donors (Lipinski definition) is 2. The fraction of sp³-hybridized carbons (Fsp3) is 0.278. The Hall–Kier alpha value is -1.91. The molecule has 2 heterocycles. The second kappa shape index (κ2) is 6.90. The molecule has 0 spiro atoms. The molecule has 1 amide bonds. The Morgan fingerprint density at radius 3 is 2.82 bits per heavy atom. The van der Waals surface area contributed by atoms with E-state index in [1.807, 2.05) is 11.4 Å². The number of carbonyl (C=O) groups is 1. The standard InChI is InChI=1S/C18H20N2OS/c1-13-2-4-15(5-3-13)16-8-11-22-17(16)18(21)20-12-14-6-9-19-10-7-14/h2-6,8,11,19H,7,9-10,12H2,1H3,(H,20,21). The zero-order valence-corrected chi connectivity index (χ0v) is 13.5. The molecule has 0 radical (unpaired) electrons. The molecule has 22 heavy (non-hydrogen) atoms. The zero-order chi connectivity index (χ0) is 15.4. The average molecular weight is 312 g/mol. The van der Waals surface area contributed by atoms with Crippen molar-refractivity contribution >= 4 is 17.2 Å². The van der Waals surface area contributed by atoms with Gasteiger partial charge >= 0.3 is 0 Å². The first-order chi connectivity index (χ1) is 10.7. The molecule has 0 unspecified atom stereocenters. The van der Waals surface area contributed by atoms with Crippen molar-refractivity contribution in [3.63, 3.8) is 0 Å². The number of nitrogens with one attached hydrogen (secondary N) is 2. The number of thiophene rings is 1. The summed E-state index contributed by atoms with van der Waals surface area (Å²) in [7, 11) is 0. The fourth-order valence-corrected chi connectivity index (χ4v) is 3.38. The van der Waals surface area contributed by atoms with E-state index >= 15 is 0 Å². The molecule has 0 saturated carbocycles. The molecule has 0 fully saturated rings. The Bertz CT molecular complexity index is 685. The lowest BCUT2D eigenvalue weighted by atomic mass is 10.0. The molecule has 0 bridgehead atoms. The number of benzene rings is 1. The van der Waals surface area contributed by atoms with Crippen LogP contribution in [0.5, 0.6) is 0 Å². The Morgan fingerprint density at radius 2 is 2.09 bits per heavy atom. The third-order valence-electron chi connectivity index (χ3n) is 3.87. The van der Waals surface area contributed by atoms with Crippen LogP contribution in [0.2, 0.25) is 0 Å². The summed E-state index contributed by atoms with van der Waals surface area (Å²) >= 11 is 1.50. The van der Waals surface area contributed by atoms with Gasteiger partial charge in [0.15, 0.2) is 0 Å². The van der Waals surface area contributed by atoms with Crippen molar-refractivity contribution in [3.8, 4) is 11.1 Å². The Morgan fingerprint density at radius 1 is 1.27 bits per heavy atom. The zero-order valence-electron chi connectivity index (χ0n) is 12.7. The van der Waals surface area contributed by atoms with Gasteiger partial charge in [-0.3, -0.25) is 4.79 Å². The van der Waals surface area contributed by atoms with E-state index in [0.717, 1.165) is 35.5 Å². The Labute approximate surface area is 135 Å². The molecule has 114 valence electrons. The molecule has 3 rings (SSSR count). The van der Waals surface area contributed by atoms with Crippen LogP contribution in [-0.4, -0.2) is 25.5 Å². The topological polar surface area (TPSA) is 41.1 Å². The van der Waals surface area contributed by atoms with Crippen LogP contribution in [0.4, 0.5) is 0 Å². The van der Waals surface area contributed by atoms with Crippen molar-refractivity contribution < 1.29 is 4.79 Å². The highest BCUT2D eigenvalue weighted by Crippen LogP contribution is 2.28. The second-order valence-corrected chi connectivity index (χ2v) is 6.44. The maximum absolute atomic E-state index is 12.5. The van der Waals surface area contributed by atoms with Gasteiger partial charge < -0.3 is 10.6 Å². The molecule has 0 saturated heterocycles. The van der Waals surface area contributed by atoms with E-state index in [4.69, 9.17) is 0 Å². The predicted octanol–water partition coefficient (Wildman–Crippen LogP) is 3.37. The van der Waals surface area contributed by atoms with Crippen LogP contribution in [-0.2, 0) is 0 Å². The molecule has 1 aliphatic rings. The summed E-state index contributed by atoms with van der Waals surface area (Å²) in [6.45, 7) is 4.61. The van der Waals surface area contributed by atoms with Crippen molar-refractivity contribution in [2.75, 3.05) is 19.6 Å². The van der Waals surface area contributed by atoms with Gasteiger partial charge in [-0.25, -0.2) is 0 Å². The Balaban J connectivity index is 1.72. The summed E-state index contributed by atoms with van der Waals surface area (Å²) in [6.07, 6.45) is 3.18. The fourth-order valence-electron chi connectivity index (χ4n) is 2.55. The molecule has 3 nitrogen and oxygen atoms in total. The van der Waals surface area contributed by atoms with E-state index in [2.05, 4.69) is 47.9 Å². The first-order valence-electron chi connectivity index (χ1n) is 7.55. The van der Waals surface area contributed by atoms with Crippen molar-refractivity contribution in [1.29, 1.82) is 0 Å². The Kier molecular flexibility index (Phi) is 4.71. The first kappa shape index (κ1) is 15.0. The third-order valence-corrected chi connectivity index (χ3v) is 4.78. The van der Waals surface area contributed by atoms with Gasteiger partial charge in [0.05, 0.1) is 4.88 Å². The molecule has 0 aliphatic carbocycles. The lowest BCUT2D eigenvalue weighted by Gasteiger charge is -2.14. The molecular formula is C18H20N2OS. The van der Waals surface area contributed by atoms with E-state index in [-0.39, 0.29) is 5.91 Å². The summed E-state index contributed by atoms with van der Waals surface area (Å²) in [5.74, 6) is 0.0185. The quantitative estimate of drug-likeness (QED) is 0.850. The van der Waals surface area contributed by atoms with Crippen LogP contribution < -0.4 is 10.6 Å². The normalized spacial score (nSPS) is 14.5. The largest absolute Gasteiger partial charge is 0.348 e. The lowest BCUT2D eigenvalue weighted by Crippen LogP contribution is -2.29. The molecule has 4 heteroatoms. The van der Waals surface area contributed by atoms with E-state index in [9.17, 15) is 4.79 Å². The van der Waals surface area contributed by atoms with Gasteiger partial charge in [-0.15, -0.1) is 11.3 Å². The van der Waals surface area contributed by atoms with Crippen molar-refractivity contribution in [2.24, 2.45) is 0 Å². The van der Waals surface area contributed by atoms with Crippen LogP contribution in [0.15, 0.2) is 47.4 Å². The lowest BCUT2D eigenvalue weighted by molar-refractivity contribution is 0.0961. The van der Waals surface area contributed by atoms with Crippen molar-refractivity contribution in [3.05, 3.63) is 57.8 Å². The highest BCUT2D eigenvalue weighted by atomic mass is 32.1. The monoisotopic (exact) mass is 312 g/mol. The number of carbonyl (C=O) groups excluding carboxylic acids is 1. The van der Waals surface area contributed by atoms with Crippen LogP contribution in [0.25, 0.3) is 11.1 Å². The number of aryl methyl sites for hydroxylation is 1. The summed E-state index contributed by atoms with van der Waals surface area (Å²) < 4.78 is 0. The molecule has 1 aromatic carbocycles. The molecule has 0 atom stereocenters. The SMILES string of the molecule is Cc1ccc(-c2ccsc2C(=O)NCC2=CCNCC2)cc1. The maximum Gasteiger partial charge on any atom is 0.262 e. The molecule has 2 N–H and O–H groups in total. The van der Waals surface area contributed by atoms with Crippen LogP contribution in [0.3, 0.4) is 0 Å². The van der Waals surface area contributed by atoms with E-state index < -0.39 is 0 Å². The summed E-state index contributed by atoms with van der Waals surface area (Å²) in [4.78, 5) is 13.3. The summed E-state index contributed by atoms with van der Waals surface area (Å²) in [5.41, 5.74) is 4.64. The molecule has 1 aromatic heterocycles. The number of rotatable bonds is 4. The van der Waals surface area contributed by atoms with Gasteiger partial charge in [0.25, 0.3) is 5.91 Å². The van der Waals surface area contributed by atoms with Crippen LogP contribution in [0.1, 0.15) is 21.7 Å².